The molecule has 0 fully saturated rings. The molecule has 3 heterocycles. The lowest BCUT2D eigenvalue weighted by Gasteiger charge is -2.09. The second-order valence-corrected chi connectivity index (χ2v) is 7.06. The van der Waals surface area contributed by atoms with E-state index in [0.29, 0.717) is 12.2 Å². The minimum absolute atomic E-state index is 0.186. The summed E-state index contributed by atoms with van der Waals surface area (Å²) in [5.41, 5.74) is 3.48. The molecule has 4 nitrogen and oxygen atoms in total. The molecule has 1 atom stereocenters. The molecule has 0 spiro atoms. The molecule has 0 aliphatic carbocycles. The van der Waals surface area contributed by atoms with Crippen LogP contribution in [0.25, 0.3) is 5.70 Å². The number of allylic oxidation sites excluding steroid dienone is 4. The number of aromatic nitrogens is 1. The number of nitriles is 1. The van der Waals surface area contributed by atoms with Gasteiger partial charge in [0.05, 0.1) is 18.3 Å². The summed E-state index contributed by atoms with van der Waals surface area (Å²) in [6.07, 6.45) is 13.6. The fourth-order valence-corrected chi connectivity index (χ4v) is 3.85. The van der Waals surface area contributed by atoms with E-state index in [-0.39, 0.29) is 5.92 Å². The van der Waals surface area contributed by atoms with E-state index in [2.05, 4.69) is 41.7 Å². The number of thioether (sulfide) groups is 1. The first-order valence-electron chi connectivity index (χ1n) is 8.58. The van der Waals surface area contributed by atoms with Gasteiger partial charge in [-0.2, -0.15) is 5.26 Å². The van der Waals surface area contributed by atoms with Crippen molar-refractivity contribution in [2.75, 3.05) is 6.54 Å². The molecule has 130 valence electrons. The third-order valence-electron chi connectivity index (χ3n) is 4.09. The average molecular weight is 360 g/mol. The number of nitrogens with zero attached hydrogens (tertiary/aromatic N) is 4. The Hall–Kier alpha value is -2.71. The van der Waals surface area contributed by atoms with Gasteiger partial charge in [-0.1, -0.05) is 37.4 Å². The van der Waals surface area contributed by atoms with Gasteiger partial charge in [0.2, 0.25) is 0 Å². The van der Waals surface area contributed by atoms with Crippen molar-refractivity contribution in [2.24, 2.45) is 15.9 Å². The molecule has 0 bridgehead atoms. The van der Waals surface area contributed by atoms with E-state index in [1.165, 1.54) is 4.91 Å². The van der Waals surface area contributed by atoms with Crippen LogP contribution >= 0.6 is 11.8 Å². The molecule has 0 N–H and O–H groups in total. The lowest BCUT2D eigenvalue weighted by atomic mass is 10.0. The number of hydrogen-bond acceptors (Lipinski definition) is 5. The van der Waals surface area contributed by atoms with Gasteiger partial charge in [0.1, 0.15) is 5.04 Å². The maximum Gasteiger partial charge on any atom is 0.108 e. The zero-order valence-electron chi connectivity index (χ0n) is 14.7. The molecular weight excluding hydrogens is 340 g/mol. The van der Waals surface area contributed by atoms with Crippen LogP contribution in [0.2, 0.25) is 0 Å². The summed E-state index contributed by atoms with van der Waals surface area (Å²) in [4.78, 5) is 14.5. The van der Waals surface area contributed by atoms with E-state index in [4.69, 9.17) is 10.3 Å². The Balaban J connectivity index is 1.83. The van der Waals surface area contributed by atoms with Crippen molar-refractivity contribution in [1.82, 2.24) is 4.98 Å². The fraction of sp³-hybridized carbons (Fsp3) is 0.238. The summed E-state index contributed by atoms with van der Waals surface area (Å²) in [6.45, 7) is 6.68. The minimum atomic E-state index is 0.186. The minimum Gasteiger partial charge on any atom is -0.291 e. The first-order valence-corrected chi connectivity index (χ1v) is 9.40. The number of hydrogen-bond donors (Lipinski definition) is 0. The Kier molecular flexibility index (Phi) is 5.98. The molecule has 0 saturated carbocycles. The highest BCUT2D eigenvalue weighted by molar-refractivity contribution is 8.18. The summed E-state index contributed by atoms with van der Waals surface area (Å²) in [5.74, 6) is 0.186. The number of rotatable bonds is 4. The van der Waals surface area contributed by atoms with Crippen molar-refractivity contribution in [1.29, 1.82) is 5.26 Å². The second-order valence-electron chi connectivity index (χ2n) is 5.99. The maximum atomic E-state index is 9.07. The van der Waals surface area contributed by atoms with Gasteiger partial charge in [0, 0.05) is 46.1 Å². The first-order chi connectivity index (χ1) is 12.7. The Morgan fingerprint density at radius 2 is 2.42 bits per heavy atom. The predicted molar refractivity (Wildman–Crippen MR) is 110 cm³/mol. The summed E-state index contributed by atoms with van der Waals surface area (Å²) < 4.78 is 0. The molecule has 0 amide bonds. The van der Waals surface area contributed by atoms with Crippen molar-refractivity contribution in [3.8, 4) is 6.07 Å². The van der Waals surface area contributed by atoms with Gasteiger partial charge in [-0.05, 0) is 31.1 Å². The molecule has 0 radical (unpaired) electrons. The molecule has 0 saturated heterocycles. The molecule has 1 aromatic rings. The van der Waals surface area contributed by atoms with Gasteiger partial charge < -0.3 is 0 Å². The van der Waals surface area contributed by atoms with E-state index >= 15 is 0 Å². The van der Waals surface area contributed by atoms with E-state index in [0.717, 1.165) is 34.6 Å². The SMILES string of the molecule is C=C(/N=C1/SC(C2C=NCC(C#N)=CC2)=C/C1=C/CC)c1cccnc1. The van der Waals surface area contributed by atoms with Gasteiger partial charge in [0.15, 0.2) is 0 Å². The van der Waals surface area contributed by atoms with Gasteiger partial charge in [-0.15, -0.1) is 0 Å². The van der Waals surface area contributed by atoms with E-state index in [1.54, 1.807) is 24.2 Å². The molecular formula is C21H20N4S. The third-order valence-corrected chi connectivity index (χ3v) is 5.27. The molecule has 26 heavy (non-hydrogen) atoms. The molecule has 2 aliphatic rings. The van der Waals surface area contributed by atoms with Crippen LogP contribution < -0.4 is 0 Å². The zero-order valence-corrected chi connectivity index (χ0v) is 15.5. The lowest BCUT2D eigenvalue weighted by molar-refractivity contribution is 0.890. The van der Waals surface area contributed by atoms with Crippen molar-refractivity contribution in [2.45, 2.75) is 19.8 Å². The predicted octanol–water partition coefficient (Wildman–Crippen LogP) is 4.96. The molecule has 1 unspecified atom stereocenters. The zero-order chi connectivity index (χ0) is 18.4. The molecule has 5 heteroatoms. The smallest absolute Gasteiger partial charge is 0.108 e. The van der Waals surface area contributed by atoms with Crippen LogP contribution in [0.4, 0.5) is 0 Å². The van der Waals surface area contributed by atoms with Crippen molar-refractivity contribution in [3.05, 3.63) is 70.9 Å². The summed E-state index contributed by atoms with van der Waals surface area (Å²) in [5, 5.41) is 10.0. The van der Waals surface area contributed by atoms with E-state index in [1.807, 2.05) is 24.4 Å². The highest BCUT2D eigenvalue weighted by Crippen LogP contribution is 2.39. The van der Waals surface area contributed by atoms with Crippen LogP contribution in [0.5, 0.6) is 0 Å². The van der Waals surface area contributed by atoms with Gasteiger partial charge in [0.25, 0.3) is 0 Å². The Bertz CT molecular complexity index is 882. The van der Waals surface area contributed by atoms with Crippen LogP contribution in [-0.4, -0.2) is 22.8 Å². The molecule has 0 aromatic carbocycles. The van der Waals surface area contributed by atoms with Gasteiger partial charge in [-0.3, -0.25) is 9.98 Å². The maximum absolute atomic E-state index is 9.07. The summed E-state index contributed by atoms with van der Waals surface area (Å²) in [6, 6.07) is 6.05. The normalized spacial score (nSPS) is 22.7. The standard InChI is InChI=1S/C21H20N4S/c1-3-5-17-10-20(19-8-7-16(11-22)12-24-14-19)26-21(17)25-15(2)18-6-4-9-23-13-18/h4-7,9-10,13-14,19H,2-3,8,12H2,1H3/b17-5-,25-21+. The van der Waals surface area contributed by atoms with E-state index in [9.17, 15) is 0 Å². The average Bonchev–Trinajstić information content (AvgIpc) is 2.91. The van der Waals surface area contributed by atoms with Crippen LogP contribution in [-0.2, 0) is 0 Å². The molecule has 1 aromatic heterocycles. The second kappa shape index (κ2) is 8.59. The van der Waals surface area contributed by atoms with Crippen molar-refractivity contribution in [3.63, 3.8) is 0 Å². The van der Waals surface area contributed by atoms with Crippen molar-refractivity contribution >= 4 is 28.7 Å². The summed E-state index contributed by atoms with van der Waals surface area (Å²) >= 11 is 1.66. The van der Waals surface area contributed by atoms with Crippen LogP contribution in [0.15, 0.2) is 75.4 Å². The largest absolute Gasteiger partial charge is 0.291 e. The Morgan fingerprint density at radius 3 is 3.15 bits per heavy atom. The topological polar surface area (TPSA) is 61.4 Å². The highest BCUT2D eigenvalue weighted by Gasteiger charge is 2.24. The monoisotopic (exact) mass is 360 g/mol. The summed E-state index contributed by atoms with van der Waals surface area (Å²) in [7, 11) is 0. The van der Waals surface area contributed by atoms with Crippen molar-refractivity contribution < 1.29 is 0 Å². The molecule has 2 aliphatic heterocycles. The number of aliphatic imine (C=N–C) groups is 2. The van der Waals surface area contributed by atoms with E-state index < -0.39 is 0 Å². The van der Waals surface area contributed by atoms with Crippen LogP contribution in [0.1, 0.15) is 25.3 Å². The fourth-order valence-electron chi connectivity index (χ4n) is 2.72. The third kappa shape index (κ3) is 4.27. The van der Waals surface area contributed by atoms with Gasteiger partial charge in [-0.25, -0.2) is 4.99 Å². The van der Waals surface area contributed by atoms with Gasteiger partial charge >= 0.3 is 0 Å². The number of pyridine rings is 1. The first kappa shape index (κ1) is 18.1. The lowest BCUT2D eigenvalue weighted by Crippen LogP contribution is -2.01. The van der Waals surface area contributed by atoms with Crippen LogP contribution in [0, 0.1) is 17.2 Å². The quantitative estimate of drug-likeness (QED) is 0.762. The Labute approximate surface area is 158 Å². The highest BCUT2D eigenvalue weighted by atomic mass is 32.2. The molecule has 3 rings (SSSR count). The Morgan fingerprint density at radius 1 is 1.54 bits per heavy atom. The van der Waals surface area contributed by atoms with Crippen LogP contribution in [0.3, 0.4) is 0 Å².